The summed E-state index contributed by atoms with van der Waals surface area (Å²) in [5.74, 6) is 0. The molecule has 0 bridgehead atoms. The van der Waals surface area contributed by atoms with Crippen LogP contribution in [-0.4, -0.2) is 9.55 Å². The number of nitrogens with zero attached hydrogens (tertiary/aromatic N) is 2. The SMILES string of the molecule is Cn1cnc2c[c-]ccc21.[Y]. The van der Waals surface area contributed by atoms with Gasteiger partial charge in [-0.15, -0.1) is 12.1 Å². The molecule has 11 heavy (non-hydrogen) atoms. The molecule has 0 atom stereocenters. The molecule has 0 aliphatic heterocycles. The van der Waals surface area contributed by atoms with Gasteiger partial charge in [-0.3, -0.25) is 0 Å². The van der Waals surface area contributed by atoms with Crippen LogP contribution in [0.1, 0.15) is 0 Å². The predicted octanol–water partition coefficient (Wildman–Crippen LogP) is 1.37. The van der Waals surface area contributed by atoms with Crippen LogP contribution in [0.5, 0.6) is 0 Å². The molecule has 0 N–H and O–H groups in total. The Morgan fingerprint density at radius 2 is 2.36 bits per heavy atom. The number of benzene rings is 1. The monoisotopic (exact) mass is 220 g/mol. The second-order valence-electron chi connectivity index (χ2n) is 2.27. The van der Waals surface area contributed by atoms with E-state index in [0.717, 1.165) is 11.0 Å². The fraction of sp³-hybridized carbons (Fsp3) is 0.125. The third kappa shape index (κ3) is 1.52. The molecule has 1 aromatic carbocycles. The molecule has 0 aliphatic carbocycles. The zero-order valence-corrected chi connectivity index (χ0v) is 9.12. The van der Waals surface area contributed by atoms with Crippen LogP contribution >= 0.6 is 0 Å². The molecule has 1 radical (unpaired) electrons. The molecule has 2 aromatic rings. The minimum absolute atomic E-state index is 0. The maximum absolute atomic E-state index is 4.15. The van der Waals surface area contributed by atoms with E-state index >= 15 is 0 Å². The van der Waals surface area contributed by atoms with Crippen molar-refractivity contribution in [2.45, 2.75) is 0 Å². The maximum atomic E-state index is 4.15. The second kappa shape index (κ2) is 3.46. The van der Waals surface area contributed by atoms with Gasteiger partial charge < -0.3 is 9.55 Å². The van der Waals surface area contributed by atoms with Gasteiger partial charge in [0.2, 0.25) is 0 Å². The maximum Gasteiger partial charge on any atom is 0.0796 e. The summed E-state index contributed by atoms with van der Waals surface area (Å²) in [6.07, 6.45) is 1.80. The number of hydrogen-bond donors (Lipinski definition) is 0. The molecule has 1 heterocycles. The van der Waals surface area contributed by atoms with Crippen LogP contribution in [-0.2, 0) is 39.8 Å². The number of aromatic nitrogens is 2. The molecule has 0 amide bonds. The summed E-state index contributed by atoms with van der Waals surface area (Å²) < 4.78 is 1.99. The smallest absolute Gasteiger partial charge is 0.0796 e. The fourth-order valence-corrected chi connectivity index (χ4v) is 1.03. The molecular weight excluding hydrogens is 213 g/mol. The number of hydrogen-bond acceptors (Lipinski definition) is 1. The van der Waals surface area contributed by atoms with Crippen molar-refractivity contribution in [1.29, 1.82) is 0 Å². The molecular formula is C8H7N2Y-. The minimum atomic E-state index is 0. The predicted molar refractivity (Wildman–Crippen MR) is 39.6 cm³/mol. The van der Waals surface area contributed by atoms with Gasteiger partial charge in [0.1, 0.15) is 0 Å². The first-order valence-electron chi connectivity index (χ1n) is 3.15. The van der Waals surface area contributed by atoms with E-state index in [2.05, 4.69) is 11.1 Å². The van der Waals surface area contributed by atoms with Gasteiger partial charge in [0, 0.05) is 39.8 Å². The summed E-state index contributed by atoms with van der Waals surface area (Å²) >= 11 is 0. The average Bonchev–Trinajstić information content (AvgIpc) is 2.34. The second-order valence-corrected chi connectivity index (χ2v) is 2.27. The van der Waals surface area contributed by atoms with E-state index in [9.17, 15) is 0 Å². The van der Waals surface area contributed by atoms with Gasteiger partial charge in [0.15, 0.2) is 0 Å². The van der Waals surface area contributed by atoms with E-state index in [1.807, 2.05) is 29.8 Å². The Labute approximate surface area is 90.5 Å². The largest absolute Gasteiger partial charge is 0.358 e. The van der Waals surface area contributed by atoms with Gasteiger partial charge in [-0.25, -0.2) is 0 Å². The summed E-state index contributed by atoms with van der Waals surface area (Å²) in [5, 5.41) is 0. The Morgan fingerprint density at radius 1 is 1.55 bits per heavy atom. The van der Waals surface area contributed by atoms with E-state index in [-0.39, 0.29) is 32.7 Å². The minimum Gasteiger partial charge on any atom is -0.358 e. The van der Waals surface area contributed by atoms with Crippen LogP contribution in [0.2, 0.25) is 0 Å². The summed E-state index contributed by atoms with van der Waals surface area (Å²) in [6.45, 7) is 0. The third-order valence-electron chi connectivity index (χ3n) is 1.57. The van der Waals surface area contributed by atoms with Crippen molar-refractivity contribution in [1.82, 2.24) is 9.55 Å². The molecule has 2 nitrogen and oxygen atoms in total. The first kappa shape index (κ1) is 8.89. The summed E-state index contributed by atoms with van der Waals surface area (Å²) in [7, 11) is 1.98. The van der Waals surface area contributed by atoms with Crippen LogP contribution < -0.4 is 0 Å². The van der Waals surface area contributed by atoms with Crippen molar-refractivity contribution >= 4 is 11.0 Å². The van der Waals surface area contributed by atoms with Gasteiger partial charge in [-0.2, -0.15) is 12.1 Å². The zero-order valence-electron chi connectivity index (χ0n) is 6.28. The summed E-state index contributed by atoms with van der Waals surface area (Å²) in [6, 6.07) is 8.75. The summed E-state index contributed by atoms with van der Waals surface area (Å²) in [5.41, 5.74) is 2.16. The third-order valence-corrected chi connectivity index (χ3v) is 1.57. The molecule has 0 fully saturated rings. The van der Waals surface area contributed by atoms with Gasteiger partial charge >= 0.3 is 0 Å². The standard InChI is InChI=1S/C8H7N2.Y/c1-10-6-9-7-4-2-3-5-8(7)10;/h3-6H,1H3;/q-1;. The molecule has 53 valence electrons. The van der Waals surface area contributed by atoms with Crippen LogP contribution in [0, 0.1) is 6.07 Å². The molecule has 0 saturated carbocycles. The van der Waals surface area contributed by atoms with Crippen molar-refractivity contribution in [3.63, 3.8) is 0 Å². The summed E-state index contributed by atoms with van der Waals surface area (Å²) in [4.78, 5) is 4.15. The fourth-order valence-electron chi connectivity index (χ4n) is 1.03. The first-order valence-corrected chi connectivity index (χ1v) is 3.15. The van der Waals surface area contributed by atoms with Crippen molar-refractivity contribution in [2.24, 2.45) is 7.05 Å². The van der Waals surface area contributed by atoms with Crippen LogP contribution in [0.4, 0.5) is 0 Å². The van der Waals surface area contributed by atoms with E-state index in [1.54, 1.807) is 6.33 Å². The Morgan fingerprint density at radius 3 is 3.09 bits per heavy atom. The van der Waals surface area contributed by atoms with Crippen molar-refractivity contribution in [3.8, 4) is 0 Å². The molecule has 0 aliphatic rings. The number of fused-ring (bicyclic) bond motifs is 1. The number of imidazole rings is 1. The quantitative estimate of drug-likeness (QED) is 0.613. The van der Waals surface area contributed by atoms with Crippen LogP contribution in [0.3, 0.4) is 0 Å². The van der Waals surface area contributed by atoms with Crippen molar-refractivity contribution in [3.05, 3.63) is 30.6 Å². The normalized spacial score (nSPS) is 9.55. The Balaban J connectivity index is 0.000000605. The van der Waals surface area contributed by atoms with Crippen LogP contribution in [0.25, 0.3) is 11.0 Å². The Kier molecular flexibility index (Phi) is 2.80. The topological polar surface area (TPSA) is 17.8 Å². The van der Waals surface area contributed by atoms with Gasteiger partial charge in [-0.05, 0) is 11.0 Å². The van der Waals surface area contributed by atoms with Gasteiger partial charge in [0.25, 0.3) is 0 Å². The molecule has 1 aromatic heterocycles. The number of rotatable bonds is 0. The van der Waals surface area contributed by atoms with Crippen molar-refractivity contribution in [2.75, 3.05) is 0 Å². The molecule has 3 heteroatoms. The molecule has 0 spiro atoms. The Hall–Kier alpha value is -0.206. The molecule has 0 saturated heterocycles. The van der Waals surface area contributed by atoms with Crippen LogP contribution in [0.15, 0.2) is 24.5 Å². The number of aryl methyl sites for hydroxylation is 1. The molecule has 0 unspecified atom stereocenters. The van der Waals surface area contributed by atoms with Gasteiger partial charge in [-0.1, -0.05) is 0 Å². The van der Waals surface area contributed by atoms with E-state index in [0.29, 0.717) is 0 Å². The average molecular weight is 220 g/mol. The first-order chi connectivity index (χ1) is 4.88. The van der Waals surface area contributed by atoms with E-state index in [4.69, 9.17) is 0 Å². The van der Waals surface area contributed by atoms with Gasteiger partial charge in [0.05, 0.1) is 6.33 Å². The van der Waals surface area contributed by atoms with E-state index < -0.39 is 0 Å². The molecule has 2 rings (SSSR count). The Bertz CT molecular complexity index is 354. The van der Waals surface area contributed by atoms with Crippen molar-refractivity contribution < 1.29 is 32.7 Å². The zero-order chi connectivity index (χ0) is 6.97. The van der Waals surface area contributed by atoms with E-state index in [1.165, 1.54) is 0 Å².